The molecule has 1 rings (SSSR count). The lowest BCUT2D eigenvalue weighted by Gasteiger charge is -2.36. The fourth-order valence-electron chi connectivity index (χ4n) is 2.26. The van der Waals surface area contributed by atoms with Crippen LogP contribution in [0.5, 0.6) is 0 Å². The summed E-state index contributed by atoms with van der Waals surface area (Å²) < 4.78 is 11.0. The van der Waals surface area contributed by atoms with Crippen LogP contribution in [-0.2, 0) is 9.47 Å². The summed E-state index contributed by atoms with van der Waals surface area (Å²) in [4.78, 5) is 0. The standard InChI is InChI=1S/C14H26O3/c1-4-5-6-7-8-9-12-13(15)14(16-3)11(2)10-17-12/h8-9,11-15H,4-7,10H2,1-3H3/t11-,12-,13-,14-/m0/s1. The lowest BCUT2D eigenvalue weighted by atomic mass is 9.93. The highest BCUT2D eigenvalue weighted by Gasteiger charge is 2.35. The fraction of sp³-hybridized carbons (Fsp3) is 0.857. The molecule has 1 aliphatic heterocycles. The van der Waals surface area contributed by atoms with Crippen molar-refractivity contribution in [2.75, 3.05) is 13.7 Å². The first-order valence-corrected chi connectivity index (χ1v) is 6.69. The zero-order valence-corrected chi connectivity index (χ0v) is 11.3. The molecule has 0 radical (unpaired) electrons. The van der Waals surface area contributed by atoms with E-state index in [-0.39, 0.29) is 18.1 Å². The van der Waals surface area contributed by atoms with Crippen molar-refractivity contribution in [2.45, 2.75) is 57.8 Å². The Morgan fingerprint density at radius 3 is 2.82 bits per heavy atom. The van der Waals surface area contributed by atoms with Gasteiger partial charge in [0.1, 0.15) is 12.2 Å². The van der Waals surface area contributed by atoms with Crippen LogP contribution in [0.25, 0.3) is 0 Å². The average molecular weight is 242 g/mol. The predicted molar refractivity (Wildman–Crippen MR) is 69.0 cm³/mol. The van der Waals surface area contributed by atoms with E-state index in [1.165, 1.54) is 19.3 Å². The van der Waals surface area contributed by atoms with E-state index in [1.807, 2.05) is 13.0 Å². The third kappa shape index (κ3) is 4.41. The van der Waals surface area contributed by atoms with Gasteiger partial charge in [-0.05, 0) is 12.8 Å². The van der Waals surface area contributed by atoms with Gasteiger partial charge in [-0.2, -0.15) is 0 Å². The molecule has 17 heavy (non-hydrogen) atoms. The van der Waals surface area contributed by atoms with E-state index in [0.29, 0.717) is 6.61 Å². The molecule has 1 aliphatic rings. The minimum Gasteiger partial charge on any atom is -0.387 e. The molecule has 1 fully saturated rings. The zero-order valence-electron chi connectivity index (χ0n) is 11.3. The van der Waals surface area contributed by atoms with Crippen molar-refractivity contribution in [2.24, 2.45) is 5.92 Å². The molecule has 1 saturated heterocycles. The molecule has 0 unspecified atom stereocenters. The second-order valence-corrected chi connectivity index (χ2v) is 4.89. The van der Waals surface area contributed by atoms with E-state index in [0.717, 1.165) is 6.42 Å². The van der Waals surface area contributed by atoms with E-state index in [2.05, 4.69) is 13.0 Å². The van der Waals surface area contributed by atoms with Crippen LogP contribution < -0.4 is 0 Å². The number of unbranched alkanes of at least 4 members (excludes halogenated alkanes) is 3. The number of hydrogen-bond donors (Lipinski definition) is 1. The molecule has 0 aromatic rings. The van der Waals surface area contributed by atoms with Crippen molar-refractivity contribution in [3.63, 3.8) is 0 Å². The van der Waals surface area contributed by atoms with Crippen molar-refractivity contribution in [1.29, 1.82) is 0 Å². The van der Waals surface area contributed by atoms with Gasteiger partial charge < -0.3 is 14.6 Å². The Kier molecular flexibility index (Phi) is 6.78. The first-order valence-electron chi connectivity index (χ1n) is 6.69. The SMILES string of the molecule is CCCCCC=C[C@@H]1OC[C@H](C)[C@H](OC)[C@H]1O. The Morgan fingerprint density at radius 1 is 1.41 bits per heavy atom. The highest BCUT2D eigenvalue weighted by molar-refractivity contribution is 4.99. The largest absolute Gasteiger partial charge is 0.387 e. The fourth-order valence-corrected chi connectivity index (χ4v) is 2.26. The summed E-state index contributed by atoms with van der Waals surface area (Å²) in [5.74, 6) is 0.250. The van der Waals surface area contributed by atoms with Crippen LogP contribution in [0.15, 0.2) is 12.2 Å². The van der Waals surface area contributed by atoms with E-state index >= 15 is 0 Å². The van der Waals surface area contributed by atoms with Crippen LogP contribution in [0, 0.1) is 5.92 Å². The number of rotatable bonds is 6. The van der Waals surface area contributed by atoms with Gasteiger partial charge >= 0.3 is 0 Å². The number of hydrogen-bond acceptors (Lipinski definition) is 3. The van der Waals surface area contributed by atoms with E-state index in [4.69, 9.17) is 9.47 Å². The first kappa shape index (κ1) is 14.7. The maximum absolute atomic E-state index is 10.1. The molecule has 0 aliphatic carbocycles. The summed E-state index contributed by atoms with van der Waals surface area (Å²) in [6.45, 7) is 4.89. The van der Waals surface area contributed by atoms with Gasteiger partial charge in [-0.3, -0.25) is 0 Å². The number of ether oxygens (including phenoxy) is 2. The molecule has 0 spiro atoms. The minimum atomic E-state index is -0.550. The van der Waals surface area contributed by atoms with Crippen molar-refractivity contribution in [3.8, 4) is 0 Å². The van der Waals surface area contributed by atoms with Crippen LogP contribution in [-0.4, -0.2) is 37.1 Å². The van der Waals surface area contributed by atoms with E-state index in [1.54, 1.807) is 7.11 Å². The van der Waals surface area contributed by atoms with Gasteiger partial charge in [0.05, 0.1) is 12.7 Å². The summed E-state index contributed by atoms with van der Waals surface area (Å²) in [5, 5.41) is 10.1. The van der Waals surface area contributed by atoms with Crippen LogP contribution in [0.2, 0.25) is 0 Å². The molecule has 0 saturated carbocycles. The molecule has 3 nitrogen and oxygen atoms in total. The summed E-state index contributed by atoms with van der Waals surface area (Å²) in [7, 11) is 1.65. The van der Waals surface area contributed by atoms with Crippen molar-refractivity contribution < 1.29 is 14.6 Å². The molecular formula is C14H26O3. The van der Waals surface area contributed by atoms with Gasteiger partial charge in [-0.1, -0.05) is 38.8 Å². The lowest BCUT2D eigenvalue weighted by Crippen LogP contribution is -2.49. The smallest absolute Gasteiger partial charge is 0.110 e. The summed E-state index contributed by atoms with van der Waals surface area (Å²) in [6, 6.07) is 0. The third-order valence-corrected chi connectivity index (χ3v) is 3.36. The summed E-state index contributed by atoms with van der Waals surface area (Å²) >= 11 is 0. The Bertz CT molecular complexity index is 228. The number of aliphatic hydroxyl groups is 1. The molecule has 3 heteroatoms. The number of allylic oxidation sites excluding steroid dienone is 1. The van der Waals surface area contributed by atoms with Gasteiger partial charge in [0.15, 0.2) is 0 Å². The highest BCUT2D eigenvalue weighted by atomic mass is 16.5. The van der Waals surface area contributed by atoms with Gasteiger partial charge in [0, 0.05) is 13.0 Å². The van der Waals surface area contributed by atoms with Crippen molar-refractivity contribution in [1.82, 2.24) is 0 Å². The average Bonchev–Trinajstić information content (AvgIpc) is 2.32. The monoisotopic (exact) mass is 242 g/mol. The first-order chi connectivity index (χ1) is 8.20. The third-order valence-electron chi connectivity index (χ3n) is 3.36. The number of methoxy groups -OCH3 is 1. The minimum absolute atomic E-state index is 0.117. The molecule has 0 aromatic heterocycles. The van der Waals surface area contributed by atoms with Crippen molar-refractivity contribution in [3.05, 3.63) is 12.2 Å². The second kappa shape index (κ2) is 7.85. The molecule has 100 valence electrons. The Labute approximate surface area is 105 Å². The summed E-state index contributed by atoms with van der Waals surface area (Å²) in [6.07, 6.45) is 7.99. The summed E-state index contributed by atoms with van der Waals surface area (Å²) in [5.41, 5.74) is 0. The lowest BCUT2D eigenvalue weighted by molar-refractivity contribution is -0.155. The number of aliphatic hydroxyl groups excluding tert-OH is 1. The van der Waals surface area contributed by atoms with Crippen LogP contribution in [0.3, 0.4) is 0 Å². The normalized spacial score (nSPS) is 34.4. The molecule has 1 N–H and O–H groups in total. The van der Waals surface area contributed by atoms with Crippen LogP contribution in [0.1, 0.15) is 39.5 Å². The maximum Gasteiger partial charge on any atom is 0.110 e. The van der Waals surface area contributed by atoms with Crippen molar-refractivity contribution >= 4 is 0 Å². The van der Waals surface area contributed by atoms with Crippen LogP contribution in [0.4, 0.5) is 0 Å². The molecular weight excluding hydrogens is 216 g/mol. The zero-order chi connectivity index (χ0) is 12.7. The maximum atomic E-state index is 10.1. The van der Waals surface area contributed by atoms with Gasteiger partial charge in [-0.15, -0.1) is 0 Å². The van der Waals surface area contributed by atoms with E-state index in [9.17, 15) is 5.11 Å². The van der Waals surface area contributed by atoms with Crippen LogP contribution >= 0.6 is 0 Å². The predicted octanol–water partition coefficient (Wildman–Crippen LogP) is 2.53. The quantitative estimate of drug-likeness (QED) is 0.574. The van der Waals surface area contributed by atoms with Gasteiger partial charge in [0.2, 0.25) is 0 Å². The topological polar surface area (TPSA) is 38.7 Å². The molecule has 0 amide bonds. The Morgan fingerprint density at radius 2 is 2.18 bits per heavy atom. The van der Waals surface area contributed by atoms with Gasteiger partial charge in [-0.25, -0.2) is 0 Å². The molecule has 4 atom stereocenters. The molecule has 1 heterocycles. The molecule has 0 aromatic carbocycles. The Balaban J connectivity index is 2.37. The van der Waals surface area contributed by atoms with E-state index < -0.39 is 6.10 Å². The van der Waals surface area contributed by atoms with Gasteiger partial charge in [0.25, 0.3) is 0 Å². The highest BCUT2D eigenvalue weighted by Crippen LogP contribution is 2.23. The molecule has 0 bridgehead atoms. The Hall–Kier alpha value is -0.380. The second-order valence-electron chi connectivity index (χ2n) is 4.89.